The van der Waals surface area contributed by atoms with Crippen LogP contribution in [0.3, 0.4) is 0 Å². The summed E-state index contributed by atoms with van der Waals surface area (Å²) < 4.78 is 7.27. The maximum atomic E-state index is 5.21. The molecule has 0 unspecified atom stereocenters. The maximum Gasteiger partial charge on any atom is 0.140 e. The van der Waals surface area contributed by atoms with Crippen molar-refractivity contribution in [2.24, 2.45) is 0 Å². The van der Waals surface area contributed by atoms with E-state index in [2.05, 4.69) is 15.6 Å². The lowest BCUT2D eigenvalue weighted by molar-refractivity contribution is 0.292. The van der Waals surface area contributed by atoms with Crippen LogP contribution in [0.2, 0.25) is 0 Å². The predicted molar refractivity (Wildman–Crippen MR) is 60.0 cm³/mol. The molecular weight excluding hydrogens is 188 g/mol. The zero-order valence-electron chi connectivity index (χ0n) is 8.13. The van der Waals surface area contributed by atoms with E-state index in [9.17, 15) is 0 Å². The maximum absolute atomic E-state index is 5.21. The molecular formula is C12H10N2O. The Bertz CT molecular complexity index is 552. The largest absolute Gasteiger partial charge is 0.497 e. The highest BCUT2D eigenvalue weighted by Crippen LogP contribution is 2.18. The van der Waals surface area contributed by atoms with E-state index in [1.807, 2.05) is 36.6 Å². The Morgan fingerprint density at radius 1 is 1.27 bits per heavy atom. The third-order valence-electron chi connectivity index (χ3n) is 2.38. The SMILES string of the molecule is C1=Cn2c(nc3ccccc32)C=COC1. The summed E-state index contributed by atoms with van der Waals surface area (Å²) in [4.78, 5) is 4.50. The van der Waals surface area contributed by atoms with E-state index >= 15 is 0 Å². The van der Waals surface area contributed by atoms with Crippen LogP contribution in [-0.4, -0.2) is 16.2 Å². The van der Waals surface area contributed by atoms with Crippen LogP contribution in [-0.2, 0) is 4.74 Å². The molecule has 3 rings (SSSR count). The van der Waals surface area contributed by atoms with Gasteiger partial charge in [-0.1, -0.05) is 12.1 Å². The van der Waals surface area contributed by atoms with E-state index in [0.29, 0.717) is 6.61 Å². The minimum Gasteiger partial charge on any atom is -0.497 e. The van der Waals surface area contributed by atoms with Crippen LogP contribution in [0.4, 0.5) is 0 Å². The number of benzene rings is 1. The van der Waals surface area contributed by atoms with Crippen LogP contribution in [0.25, 0.3) is 23.3 Å². The van der Waals surface area contributed by atoms with Gasteiger partial charge in [0.25, 0.3) is 0 Å². The van der Waals surface area contributed by atoms with Crippen molar-refractivity contribution in [2.75, 3.05) is 6.61 Å². The Balaban J connectivity index is 2.33. The fourth-order valence-electron chi connectivity index (χ4n) is 1.71. The van der Waals surface area contributed by atoms with Gasteiger partial charge in [0.05, 0.1) is 17.3 Å². The first-order valence-electron chi connectivity index (χ1n) is 4.87. The van der Waals surface area contributed by atoms with Crippen molar-refractivity contribution in [3.63, 3.8) is 0 Å². The summed E-state index contributed by atoms with van der Waals surface area (Å²) in [5, 5.41) is 0. The van der Waals surface area contributed by atoms with Gasteiger partial charge in [0.15, 0.2) is 0 Å². The van der Waals surface area contributed by atoms with Gasteiger partial charge in [0.2, 0.25) is 0 Å². The van der Waals surface area contributed by atoms with Crippen LogP contribution in [0.1, 0.15) is 5.82 Å². The summed E-state index contributed by atoms with van der Waals surface area (Å²) in [5.74, 6) is 0.896. The summed E-state index contributed by atoms with van der Waals surface area (Å²) in [6, 6.07) is 8.08. The molecule has 2 aromatic rings. The van der Waals surface area contributed by atoms with Crippen LogP contribution in [0.15, 0.2) is 36.6 Å². The Kier molecular flexibility index (Phi) is 1.81. The number of aromatic nitrogens is 2. The summed E-state index contributed by atoms with van der Waals surface area (Å²) in [5.41, 5.74) is 2.12. The monoisotopic (exact) mass is 198 g/mol. The van der Waals surface area contributed by atoms with Crippen molar-refractivity contribution in [3.8, 4) is 0 Å². The van der Waals surface area contributed by atoms with Crippen LogP contribution in [0.5, 0.6) is 0 Å². The van der Waals surface area contributed by atoms with Crippen molar-refractivity contribution in [1.29, 1.82) is 0 Å². The molecule has 1 aliphatic rings. The van der Waals surface area contributed by atoms with Gasteiger partial charge in [-0.25, -0.2) is 4.98 Å². The van der Waals surface area contributed by atoms with Crippen LogP contribution >= 0.6 is 0 Å². The quantitative estimate of drug-likeness (QED) is 0.650. The van der Waals surface area contributed by atoms with Gasteiger partial charge < -0.3 is 4.74 Å². The highest BCUT2D eigenvalue weighted by Gasteiger charge is 2.06. The van der Waals surface area contributed by atoms with Crippen molar-refractivity contribution in [1.82, 2.24) is 9.55 Å². The molecule has 1 aromatic carbocycles. The Morgan fingerprint density at radius 2 is 2.20 bits per heavy atom. The summed E-state index contributed by atoms with van der Waals surface area (Å²) in [6.45, 7) is 0.600. The van der Waals surface area contributed by atoms with Crippen molar-refractivity contribution in [2.45, 2.75) is 0 Å². The zero-order chi connectivity index (χ0) is 10.1. The van der Waals surface area contributed by atoms with E-state index in [0.717, 1.165) is 16.9 Å². The number of rotatable bonds is 0. The second-order valence-electron chi connectivity index (χ2n) is 3.35. The molecule has 0 spiro atoms. The molecule has 1 aromatic heterocycles. The lowest BCUT2D eigenvalue weighted by Gasteiger charge is -2.03. The Hall–Kier alpha value is -2.03. The number of fused-ring (bicyclic) bond motifs is 3. The van der Waals surface area contributed by atoms with E-state index in [4.69, 9.17) is 4.74 Å². The van der Waals surface area contributed by atoms with Gasteiger partial charge in [-0.15, -0.1) is 0 Å². The molecule has 3 heteroatoms. The van der Waals surface area contributed by atoms with E-state index in [1.165, 1.54) is 0 Å². The van der Waals surface area contributed by atoms with E-state index < -0.39 is 0 Å². The Labute approximate surface area is 87.3 Å². The topological polar surface area (TPSA) is 27.1 Å². The zero-order valence-corrected chi connectivity index (χ0v) is 8.13. The van der Waals surface area contributed by atoms with Gasteiger partial charge in [-0.2, -0.15) is 0 Å². The normalized spacial score (nSPS) is 14.4. The van der Waals surface area contributed by atoms with Gasteiger partial charge in [-0.3, -0.25) is 4.57 Å². The smallest absolute Gasteiger partial charge is 0.140 e. The van der Waals surface area contributed by atoms with Crippen molar-refractivity contribution in [3.05, 3.63) is 42.4 Å². The summed E-state index contributed by atoms with van der Waals surface area (Å²) >= 11 is 0. The fraction of sp³-hybridized carbons (Fsp3) is 0.0833. The molecule has 0 N–H and O–H groups in total. The highest BCUT2D eigenvalue weighted by atomic mass is 16.5. The lowest BCUT2D eigenvalue weighted by atomic mass is 10.3. The number of hydrogen-bond acceptors (Lipinski definition) is 2. The Morgan fingerprint density at radius 3 is 3.20 bits per heavy atom. The summed E-state index contributed by atoms with van der Waals surface area (Å²) in [6.07, 6.45) is 7.53. The number of ether oxygens (including phenoxy) is 1. The number of nitrogens with zero attached hydrogens (tertiary/aromatic N) is 2. The minimum absolute atomic E-state index is 0.600. The van der Waals surface area contributed by atoms with Crippen LogP contribution < -0.4 is 0 Å². The number of hydrogen-bond donors (Lipinski definition) is 0. The molecule has 0 aliphatic carbocycles. The molecule has 0 saturated heterocycles. The summed E-state index contributed by atoms with van der Waals surface area (Å²) in [7, 11) is 0. The molecule has 0 atom stereocenters. The number of para-hydroxylation sites is 2. The van der Waals surface area contributed by atoms with Gasteiger partial charge in [-0.05, 0) is 18.2 Å². The predicted octanol–water partition coefficient (Wildman–Crippen LogP) is 2.51. The first-order valence-corrected chi connectivity index (χ1v) is 4.87. The average Bonchev–Trinajstić information content (AvgIpc) is 2.55. The molecule has 0 saturated carbocycles. The molecule has 1 aliphatic heterocycles. The first kappa shape index (κ1) is 8.29. The third kappa shape index (κ3) is 1.32. The van der Waals surface area contributed by atoms with Gasteiger partial charge in [0, 0.05) is 12.3 Å². The van der Waals surface area contributed by atoms with Gasteiger partial charge in [0.1, 0.15) is 12.4 Å². The average molecular weight is 198 g/mol. The highest BCUT2D eigenvalue weighted by molar-refractivity contribution is 5.80. The molecule has 3 nitrogen and oxygen atoms in total. The van der Waals surface area contributed by atoms with E-state index in [-0.39, 0.29) is 0 Å². The molecule has 0 amide bonds. The molecule has 0 bridgehead atoms. The molecule has 2 heterocycles. The lowest BCUT2D eigenvalue weighted by Crippen LogP contribution is -1.94. The molecule has 74 valence electrons. The fourth-order valence-corrected chi connectivity index (χ4v) is 1.71. The first-order chi connectivity index (χ1) is 7.45. The van der Waals surface area contributed by atoms with Crippen molar-refractivity contribution < 1.29 is 4.74 Å². The second kappa shape index (κ2) is 3.28. The standard InChI is InChI=1S/C12H10N2O/c1-2-5-11-10(4-1)13-12-6-9-15-8-3-7-14(11)12/h1-7,9H,8H2. The van der Waals surface area contributed by atoms with Crippen molar-refractivity contribution >= 4 is 23.3 Å². The van der Waals surface area contributed by atoms with E-state index in [1.54, 1.807) is 6.26 Å². The molecule has 0 radical (unpaired) electrons. The van der Waals surface area contributed by atoms with Crippen LogP contribution in [0, 0.1) is 0 Å². The molecule has 0 fully saturated rings. The molecule has 15 heavy (non-hydrogen) atoms. The number of imidazole rings is 1. The minimum atomic E-state index is 0.600. The second-order valence-corrected chi connectivity index (χ2v) is 3.35. The third-order valence-corrected chi connectivity index (χ3v) is 2.38. The van der Waals surface area contributed by atoms with Gasteiger partial charge >= 0.3 is 0 Å².